The number of hydrogen-bond donors (Lipinski definition) is 1. The third kappa shape index (κ3) is 4.49. The van der Waals surface area contributed by atoms with E-state index in [4.69, 9.17) is 0 Å². The van der Waals surface area contributed by atoms with Crippen LogP contribution < -0.4 is 5.32 Å². The molecule has 0 amide bonds. The molecular formula is C12H22F2N2O2. The van der Waals surface area contributed by atoms with Crippen LogP contribution in [0, 0.1) is 0 Å². The van der Waals surface area contributed by atoms with Crippen LogP contribution in [0.3, 0.4) is 0 Å². The van der Waals surface area contributed by atoms with E-state index < -0.39 is 24.4 Å². The van der Waals surface area contributed by atoms with Gasteiger partial charge >= 0.3 is 11.9 Å². The summed E-state index contributed by atoms with van der Waals surface area (Å²) in [5.41, 5.74) is 0. The van der Waals surface area contributed by atoms with E-state index >= 15 is 0 Å². The molecular weight excluding hydrogens is 242 g/mol. The molecule has 106 valence electrons. The standard InChI is InChI=1S/C12H22F2N2O2/c1-3-6-16(4-2)7-5-15-9-10-8-12(13,14)11(17)18-10/h10,15H,3-9H2,1-2H3. The number of carbonyl (C=O) groups excluding carboxylic acids is 1. The molecule has 1 aliphatic heterocycles. The van der Waals surface area contributed by atoms with Gasteiger partial charge < -0.3 is 15.0 Å². The highest BCUT2D eigenvalue weighted by atomic mass is 19.3. The summed E-state index contributed by atoms with van der Waals surface area (Å²) in [6, 6.07) is 0. The smallest absolute Gasteiger partial charge is 0.377 e. The Kier molecular flexibility index (Phi) is 5.95. The van der Waals surface area contributed by atoms with Crippen molar-refractivity contribution in [3.05, 3.63) is 0 Å². The molecule has 0 aromatic rings. The monoisotopic (exact) mass is 264 g/mol. The van der Waals surface area contributed by atoms with Crippen molar-refractivity contribution in [3.63, 3.8) is 0 Å². The number of carbonyl (C=O) groups is 1. The lowest BCUT2D eigenvalue weighted by molar-refractivity contribution is -0.159. The molecule has 0 aromatic heterocycles. The Morgan fingerprint density at radius 2 is 2.17 bits per heavy atom. The number of likely N-dealkylation sites (N-methyl/N-ethyl adjacent to an activating group) is 1. The van der Waals surface area contributed by atoms with Gasteiger partial charge in [-0.25, -0.2) is 4.79 Å². The molecule has 1 N–H and O–H groups in total. The van der Waals surface area contributed by atoms with E-state index in [0.29, 0.717) is 13.1 Å². The van der Waals surface area contributed by atoms with Crippen molar-refractivity contribution in [2.75, 3.05) is 32.7 Å². The van der Waals surface area contributed by atoms with Gasteiger partial charge in [0, 0.05) is 19.6 Å². The number of ether oxygens (including phenoxy) is 1. The Labute approximate surface area is 107 Å². The van der Waals surface area contributed by atoms with Crippen LogP contribution >= 0.6 is 0 Å². The van der Waals surface area contributed by atoms with Crippen LogP contribution in [0.4, 0.5) is 8.78 Å². The maximum absolute atomic E-state index is 12.9. The summed E-state index contributed by atoms with van der Waals surface area (Å²) >= 11 is 0. The Bertz CT molecular complexity index is 275. The first kappa shape index (κ1) is 15.3. The molecule has 1 saturated heterocycles. The summed E-state index contributed by atoms with van der Waals surface area (Å²) in [5, 5.41) is 3.06. The highest BCUT2D eigenvalue weighted by Crippen LogP contribution is 2.30. The molecule has 1 fully saturated rings. The van der Waals surface area contributed by atoms with E-state index in [0.717, 1.165) is 26.1 Å². The molecule has 6 heteroatoms. The molecule has 0 bridgehead atoms. The van der Waals surface area contributed by atoms with Gasteiger partial charge in [-0.3, -0.25) is 0 Å². The topological polar surface area (TPSA) is 41.6 Å². The van der Waals surface area contributed by atoms with E-state index in [2.05, 4.69) is 28.8 Å². The van der Waals surface area contributed by atoms with Gasteiger partial charge in [0.15, 0.2) is 0 Å². The summed E-state index contributed by atoms with van der Waals surface area (Å²) in [5.74, 6) is -4.69. The Morgan fingerprint density at radius 1 is 1.44 bits per heavy atom. The van der Waals surface area contributed by atoms with Crippen LogP contribution in [0.2, 0.25) is 0 Å². The first-order valence-electron chi connectivity index (χ1n) is 6.51. The number of halogens is 2. The van der Waals surface area contributed by atoms with Crippen LogP contribution in [0.1, 0.15) is 26.7 Å². The normalized spacial score (nSPS) is 22.5. The molecule has 4 nitrogen and oxygen atoms in total. The highest BCUT2D eigenvalue weighted by molar-refractivity contribution is 5.79. The number of hydrogen-bond acceptors (Lipinski definition) is 4. The number of esters is 1. The second kappa shape index (κ2) is 6.99. The molecule has 0 spiro atoms. The highest BCUT2D eigenvalue weighted by Gasteiger charge is 2.50. The summed E-state index contributed by atoms with van der Waals surface area (Å²) in [7, 11) is 0. The van der Waals surface area contributed by atoms with Crippen LogP contribution in [-0.2, 0) is 9.53 Å². The third-order valence-corrected chi connectivity index (χ3v) is 3.02. The molecule has 1 heterocycles. The van der Waals surface area contributed by atoms with Crippen molar-refractivity contribution in [3.8, 4) is 0 Å². The van der Waals surface area contributed by atoms with E-state index in [1.165, 1.54) is 0 Å². The predicted molar refractivity (Wildman–Crippen MR) is 64.7 cm³/mol. The van der Waals surface area contributed by atoms with Gasteiger partial charge in [0.2, 0.25) is 0 Å². The summed E-state index contributed by atoms with van der Waals surface area (Å²) < 4.78 is 30.3. The maximum atomic E-state index is 12.9. The van der Waals surface area contributed by atoms with Crippen molar-refractivity contribution in [1.29, 1.82) is 0 Å². The van der Waals surface area contributed by atoms with Gasteiger partial charge in [0.1, 0.15) is 6.10 Å². The van der Waals surface area contributed by atoms with Crippen molar-refractivity contribution in [2.24, 2.45) is 0 Å². The number of cyclic esters (lactones) is 1. The third-order valence-electron chi connectivity index (χ3n) is 3.02. The van der Waals surface area contributed by atoms with Gasteiger partial charge in [-0.15, -0.1) is 0 Å². The lowest BCUT2D eigenvalue weighted by atomic mass is 10.2. The zero-order chi connectivity index (χ0) is 13.6. The first-order valence-corrected chi connectivity index (χ1v) is 6.51. The fourth-order valence-corrected chi connectivity index (χ4v) is 2.01. The lowest BCUT2D eigenvalue weighted by Crippen LogP contribution is -2.35. The Balaban J connectivity index is 2.14. The van der Waals surface area contributed by atoms with Crippen LogP contribution in [0.25, 0.3) is 0 Å². The average molecular weight is 264 g/mol. The fraction of sp³-hybridized carbons (Fsp3) is 0.917. The maximum Gasteiger partial charge on any atom is 0.377 e. The lowest BCUT2D eigenvalue weighted by Gasteiger charge is -2.20. The zero-order valence-electron chi connectivity index (χ0n) is 11.0. The molecule has 0 aliphatic carbocycles. The SMILES string of the molecule is CCCN(CC)CCNCC1CC(F)(F)C(=O)O1. The summed E-state index contributed by atoms with van der Waals surface area (Å²) in [6.07, 6.45) is -0.111. The minimum absolute atomic E-state index is 0.297. The quantitative estimate of drug-likeness (QED) is 0.529. The number of nitrogens with one attached hydrogen (secondary N) is 1. The molecule has 1 rings (SSSR count). The minimum Gasteiger partial charge on any atom is -0.456 e. The Morgan fingerprint density at radius 3 is 2.67 bits per heavy atom. The van der Waals surface area contributed by atoms with Crippen molar-refractivity contribution in [1.82, 2.24) is 10.2 Å². The van der Waals surface area contributed by atoms with Crippen LogP contribution in [0.15, 0.2) is 0 Å². The van der Waals surface area contributed by atoms with Gasteiger partial charge in [0.25, 0.3) is 0 Å². The zero-order valence-corrected chi connectivity index (χ0v) is 11.0. The molecule has 1 unspecified atom stereocenters. The molecule has 18 heavy (non-hydrogen) atoms. The van der Waals surface area contributed by atoms with Gasteiger partial charge in [-0.2, -0.15) is 8.78 Å². The second-order valence-electron chi connectivity index (χ2n) is 4.57. The fourth-order valence-electron chi connectivity index (χ4n) is 2.01. The predicted octanol–water partition coefficient (Wildman–Crippen LogP) is 1.26. The second-order valence-corrected chi connectivity index (χ2v) is 4.57. The van der Waals surface area contributed by atoms with Crippen molar-refractivity contribution >= 4 is 5.97 Å². The van der Waals surface area contributed by atoms with Gasteiger partial charge in [-0.05, 0) is 19.5 Å². The van der Waals surface area contributed by atoms with Gasteiger partial charge in [-0.1, -0.05) is 13.8 Å². The van der Waals surface area contributed by atoms with E-state index in [1.807, 2.05) is 0 Å². The number of nitrogens with zero attached hydrogens (tertiary/aromatic N) is 1. The van der Waals surface area contributed by atoms with E-state index in [1.54, 1.807) is 0 Å². The molecule has 0 aromatic carbocycles. The van der Waals surface area contributed by atoms with Crippen molar-refractivity contribution < 1.29 is 18.3 Å². The molecule has 0 radical (unpaired) electrons. The number of rotatable bonds is 8. The summed E-state index contributed by atoms with van der Waals surface area (Å²) in [6.45, 7) is 8.12. The van der Waals surface area contributed by atoms with Crippen LogP contribution in [-0.4, -0.2) is 55.6 Å². The van der Waals surface area contributed by atoms with E-state index in [9.17, 15) is 13.6 Å². The molecule has 0 saturated carbocycles. The molecule has 1 aliphatic rings. The first-order chi connectivity index (χ1) is 8.49. The van der Waals surface area contributed by atoms with E-state index in [-0.39, 0.29) is 0 Å². The molecule has 1 atom stereocenters. The largest absolute Gasteiger partial charge is 0.456 e. The average Bonchev–Trinajstić information content (AvgIpc) is 2.57. The Hall–Kier alpha value is -0.750. The van der Waals surface area contributed by atoms with Crippen molar-refractivity contribution in [2.45, 2.75) is 38.7 Å². The van der Waals surface area contributed by atoms with Gasteiger partial charge in [0.05, 0.1) is 6.42 Å². The minimum atomic E-state index is -3.30. The van der Waals surface area contributed by atoms with Crippen LogP contribution in [0.5, 0.6) is 0 Å². The summed E-state index contributed by atoms with van der Waals surface area (Å²) in [4.78, 5) is 13.1. The number of alkyl halides is 2.